The van der Waals surface area contributed by atoms with Gasteiger partial charge in [-0.15, -0.1) is 0 Å². The predicted molar refractivity (Wildman–Crippen MR) is 271 cm³/mol. The molecule has 0 fully saturated rings. The fourth-order valence-corrected chi connectivity index (χ4v) is 12.8. The number of rotatable bonds is 2. The number of pyridine rings is 1. The van der Waals surface area contributed by atoms with Gasteiger partial charge in [0.1, 0.15) is 11.2 Å². The molecule has 0 saturated carbocycles. The van der Waals surface area contributed by atoms with Crippen LogP contribution in [-0.4, -0.2) is 8.97 Å². The third kappa shape index (κ3) is 4.02. The Kier molecular flexibility index (Phi) is 6.36. The molecule has 10 aromatic carbocycles. The first-order valence-electron chi connectivity index (χ1n) is 22.7. The third-order valence-electron chi connectivity index (χ3n) is 15.3. The van der Waals surface area contributed by atoms with Gasteiger partial charge in [-0.1, -0.05) is 152 Å². The molecule has 66 heavy (non-hydrogen) atoms. The van der Waals surface area contributed by atoms with E-state index in [4.69, 9.17) is 4.42 Å². The largest absolute Gasteiger partial charge is 0.456 e. The Bertz CT molecular complexity index is 4500. The molecule has 0 radical (unpaired) electrons. The number of para-hydroxylation sites is 2. The zero-order chi connectivity index (χ0) is 43.0. The molecule has 0 unspecified atom stereocenters. The van der Waals surface area contributed by atoms with E-state index in [2.05, 4.69) is 193 Å². The van der Waals surface area contributed by atoms with Crippen molar-refractivity contribution in [3.05, 3.63) is 239 Å². The molecule has 0 atom stereocenters. The zero-order valence-electron chi connectivity index (χ0n) is 35.3. The molecular formula is C62H34N2O2. The van der Waals surface area contributed by atoms with E-state index in [1.807, 2.05) is 22.6 Å². The molecule has 4 nitrogen and oxygen atoms in total. The maximum absolute atomic E-state index is 14.1. The maximum Gasteiger partial charge on any atom is 0.263 e. The smallest absolute Gasteiger partial charge is 0.263 e. The lowest BCUT2D eigenvalue weighted by Gasteiger charge is -2.31. The molecule has 1 spiro atoms. The fourth-order valence-electron chi connectivity index (χ4n) is 12.8. The molecule has 4 heteroatoms. The summed E-state index contributed by atoms with van der Waals surface area (Å²) in [5.41, 5.74) is 19.2. The lowest BCUT2D eigenvalue weighted by Crippen LogP contribution is -2.26. The van der Waals surface area contributed by atoms with E-state index in [1.54, 1.807) is 0 Å². The first-order valence-corrected chi connectivity index (χ1v) is 22.7. The summed E-state index contributed by atoms with van der Waals surface area (Å²) in [4.78, 5) is 14.1. The normalized spacial score (nSPS) is 13.6. The van der Waals surface area contributed by atoms with Crippen molar-refractivity contribution in [2.24, 2.45) is 0 Å². The molecule has 2 aliphatic rings. The summed E-state index contributed by atoms with van der Waals surface area (Å²) < 4.78 is 11.1. The number of benzene rings is 10. The molecular weight excluding hydrogens is 805 g/mol. The van der Waals surface area contributed by atoms with Crippen LogP contribution in [0.5, 0.6) is 0 Å². The van der Waals surface area contributed by atoms with Crippen molar-refractivity contribution in [1.29, 1.82) is 0 Å². The van der Waals surface area contributed by atoms with E-state index >= 15 is 0 Å². The van der Waals surface area contributed by atoms with Crippen molar-refractivity contribution >= 4 is 81.7 Å². The van der Waals surface area contributed by atoms with Crippen LogP contribution in [0.1, 0.15) is 22.3 Å². The van der Waals surface area contributed by atoms with Crippen LogP contribution in [0.3, 0.4) is 0 Å². The molecule has 0 saturated heterocycles. The summed E-state index contributed by atoms with van der Waals surface area (Å²) in [6.07, 6.45) is 0. The number of fused-ring (bicyclic) bond motifs is 22. The number of aromatic nitrogens is 2. The first kappa shape index (κ1) is 34.7. The summed E-state index contributed by atoms with van der Waals surface area (Å²) >= 11 is 0. The van der Waals surface area contributed by atoms with Crippen LogP contribution in [0, 0.1) is 0 Å². The second kappa shape index (κ2) is 12.1. The van der Waals surface area contributed by atoms with Crippen LogP contribution in [0.15, 0.2) is 215 Å². The Balaban J connectivity index is 0.953. The SMILES string of the molecule is O=c1c2ccccc2c2cccc3c4cc(-c5cccc6oc7ccc(-n8c9ccccc9c9c%10c(ccc98)-c8ccccc8C%108c9ccccc9-c9ccccc98)cc7c56)ccc4n1c23. The average Bonchev–Trinajstić information content (AvgIpc) is 4.16. The lowest BCUT2D eigenvalue weighted by atomic mass is 9.69. The highest BCUT2D eigenvalue weighted by atomic mass is 16.3. The van der Waals surface area contributed by atoms with Gasteiger partial charge in [0.05, 0.1) is 27.5 Å². The van der Waals surface area contributed by atoms with E-state index in [0.29, 0.717) is 0 Å². The molecule has 0 aliphatic heterocycles. The van der Waals surface area contributed by atoms with Crippen molar-refractivity contribution in [2.75, 3.05) is 0 Å². The van der Waals surface area contributed by atoms with Crippen molar-refractivity contribution in [3.63, 3.8) is 0 Å². The Morgan fingerprint density at radius 3 is 1.76 bits per heavy atom. The average molecular weight is 839 g/mol. The molecule has 16 rings (SSSR count). The van der Waals surface area contributed by atoms with Gasteiger partial charge in [-0.25, -0.2) is 0 Å². The molecule has 14 aromatic rings. The second-order valence-electron chi connectivity index (χ2n) is 18.2. The van der Waals surface area contributed by atoms with Crippen molar-refractivity contribution in [3.8, 4) is 39.1 Å². The highest BCUT2D eigenvalue weighted by Gasteiger charge is 2.52. The van der Waals surface area contributed by atoms with Gasteiger partial charge in [0.25, 0.3) is 5.56 Å². The van der Waals surface area contributed by atoms with Gasteiger partial charge >= 0.3 is 0 Å². The van der Waals surface area contributed by atoms with Crippen LogP contribution in [0.2, 0.25) is 0 Å². The molecule has 2 aliphatic carbocycles. The monoisotopic (exact) mass is 838 g/mol. The second-order valence-corrected chi connectivity index (χ2v) is 18.2. The van der Waals surface area contributed by atoms with Crippen LogP contribution in [-0.2, 0) is 5.41 Å². The lowest BCUT2D eigenvalue weighted by molar-refractivity contribution is 0.669. The van der Waals surface area contributed by atoms with E-state index in [1.165, 1.54) is 60.8 Å². The first-order chi connectivity index (χ1) is 32.7. The van der Waals surface area contributed by atoms with E-state index in [0.717, 1.165) is 82.2 Å². The Labute approximate surface area is 376 Å². The van der Waals surface area contributed by atoms with E-state index < -0.39 is 5.41 Å². The standard InChI is InChI=1S/C62H34N2O2/c65-61-45-17-2-1-13-38(45)43-20-11-21-44-47-33-35(27-30-53(47)64(61)60(43)44)37-19-12-26-56-57(37)48-34-36(28-32-55(48)66-56)63-52-25-10-6-18-46(52)58-54(63)31-29-42-41-16-5-9-24-51(41)62(59(42)58)49-22-7-3-14-39(49)40-15-4-8-23-50(40)62/h1-34H. The van der Waals surface area contributed by atoms with Crippen LogP contribution < -0.4 is 5.56 Å². The molecule has 0 amide bonds. The van der Waals surface area contributed by atoms with E-state index in [-0.39, 0.29) is 5.56 Å². The minimum Gasteiger partial charge on any atom is -0.456 e. The van der Waals surface area contributed by atoms with E-state index in [9.17, 15) is 4.79 Å². The topological polar surface area (TPSA) is 39.5 Å². The van der Waals surface area contributed by atoms with Gasteiger partial charge in [-0.05, 0) is 116 Å². The number of hydrogen-bond acceptors (Lipinski definition) is 2. The minimum absolute atomic E-state index is 0.0140. The Hall–Kier alpha value is -8.73. The predicted octanol–water partition coefficient (Wildman–Crippen LogP) is 15.2. The molecule has 4 aromatic heterocycles. The van der Waals surface area contributed by atoms with Crippen LogP contribution in [0.4, 0.5) is 0 Å². The summed E-state index contributed by atoms with van der Waals surface area (Å²) in [7, 11) is 0. The van der Waals surface area contributed by atoms with Crippen LogP contribution >= 0.6 is 0 Å². The highest BCUT2D eigenvalue weighted by molar-refractivity contribution is 6.22. The third-order valence-corrected chi connectivity index (χ3v) is 15.3. The van der Waals surface area contributed by atoms with Crippen molar-refractivity contribution in [1.82, 2.24) is 8.97 Å². The van der Waals surface area contributed by atoms with Gasteiger partial charge in [0.15, 0.2) is 0 Å². The van der Waals surface area contributed by atoms with Gasteiger partial charge in [-0.2, -0.15) is 0 Å². The Morgan fingerprint density at radius 1 is 0.379 bits per heavy atom. The molecule has 304 valence electrons. The summed E-state index contributed by atoms with van der Waals surface area (Å²) in [6, 6.07) is 74.7. The van der Waals surface area contributed by atoms with Gasteiger partial charge in [0.2, 0.25) is 0 Å². The Morgan fingerprint density at radius 2 is 0.985 bits per heavy atom. The molecule has 0 bridgehead atoms. The summed E-state index contributed by atoms with van der Waals surface area (Å²) in [6.45, 7) is 0. The minimum atomic E-state index is -0.475. The molecule has 4 heterocycles. The summed E-state index contributed by atoms with van der Waals surface area (Å²) in [5.74, 6) is 0. The maximum atomic E-state index is 14.1. The number of hydrogen-bond donors (Lipinski definition) is 0. The highest BCUT2D eigenvalue weighted by Crippen LogP contribution is 2.64. The molecule has 0 N–H and O–H groups in total. The van der Waals surface area contributed by atoms with Crippen molar-refractivity contribution in [2.45, 2.75) is 5.41 Å². The van der Waals surface area contributed by atoms with Gasteiger partial charge in [0, 0.05) is 48.8 Å². The number of furan rings is 1. The van der Waals surface area contributed by atoms with Crippen molar-refractivity contribution < 1.29 is 4.42 Å². The summed E-state index contributed by atoms with van der Waals surface area (Å²) in [5, 5.41) is 9.58. The quantitative estimate of drug-likeness (QED) is 0.163. The van der Waals surface area contributed by atoms with Gasteiger partial charge in [-0.3, -0.25) is 9.20 Å². The zero-order valence-corrected chi connectivity index (χ0v) is 35.3. The number of nitrogens with zero attached hydrogens (tertiary/aromatic N) is 2. The van der Waals surface area contributed by atoms with Crippen LogP contribution in [0.25, 0.3) is 121 Å². The van der Waals surface area contributed by atoms with Gasteiger partial charge < -0.3 is 8.98 Å². The fraction of sp³-hybridized carbons (Fsp3) is 0.0161.